The molecule has 2 aromatic rings. The van der Waals surface area contributed by atoms with Gasteiger partial charge in [0.05, 0.1) is 17.1 Å². The van der Waals surface area contributed by atoms with E-state index in [2.05, 4.69) is 25.9 Å². The van der Waals surface area contributed by atoms with Crippen LogP contribution in [0.3, 0.4) is 0 Å². The summed E-state index contributed by atoms with van der Waals surface area (Å²) < 4.78 is 25.0. The Morgan fingerprint density at radius 1 is 1.22 bits per heavy atom. The van der Waals surface area contributed by atoms with Gasteiger partial charge in [-0.1, -0.05) is 0 Å². The van der Waals surface area contributed by atoms with Crippen LogP contribution in [0.5, 0.6) is 0 Å². The molecule has 5 nitrogen and oxygen atoms in total. The van der Waals surface area contributed by atoms with Crippen LogP contribution in [0.25, 0.3) is 0 Å². The fourth-order valence-corrected chi connectivity index (χ4v) is 3.00. The molecule has 0 radical (unpaired) electrons. The lowest BCUT2D eigenvalue weighted by Gasteiger charge is -2.05. The van der Waals surface area contributed by atoms with Gasteiger partial charge < -0.3 is 5.73 Å². The number of hydrogen-bond acceptors (Lipinski definition) is 5. The van der Waals surface area contributed by atoms with Gasteiger partial charge in [-0.3, -0.25) is 4.98 Å². The van der Waals surface area contributed by atoms with E-state index in [1.165, 1.54) is 12.3 Å². The van der Waals surface area contributed by atoms with E-state index in [9.17, 15) is 8.42 Å². The summed E-state index contributed by atoms with van der Waals surface area (Å²) in [4.78, 5) is 7.84. The summed E-state index contributed by atoms with van der Waals surface area (Å²) in [5, 5.41) is -0.102. The number of nitrogens with zero attached hydrogens (tertiary/aromatic N) is 2. The molecule has 0 fully saturated rings. The first-order chi connectivity index (χ1) is 8.49. The Morgan fingerprint density at radius 3 is 2.61 bits per heavy atom. The van der Waals surface area contributed by atoms with Crippen LogP contribution < -0.4 is 5.73 Å². The summed E-state index contributed by atoms with van der Waals surface area (Å²) in [6, 6.07) is 6.47. The standard InChI is InChI=1S/C11H10BrN3O2S/c12-8-3-4-9(15-6-8)7-18(16,17)11-10(13)2-1-5-14-11/h1-6H,7,13H2. The van der Waals surface area contributed by atoms with E-state index in [-0.39, 0.29) is 16.5 Å². The van der Waals surface area contributed by atoms with Crippen molar-refractivity contribution in [2.24, 2.45) is 0 Å². The summed E-state index contributed by atoms with van der Waals surface area (Å²) in [5.41, 5.74) is 6.21. The molecule has 0 aliphatic heterocycles. The van der Waals surface area contributed by atoms with Crippen LogP contribution in [-0.2, 0) is 15.6 Å². The maximum atomic E-state index is 12.1. The Balaban J connectivity index is 2.33. The predicted octanol–water partition coefficient (Wildman–Crippen LogP) is 1.80. The van der Waals surface area contributed by atoms with Crippen molar-refractivity contribution >= 4 is 31.5 Å². The number of sulfone groups is 1. The van der Waals surface area contributed by atoms with Crippen LogP contribution >= 0.6 is 15.9 Å². The number of nitrogen functional groups attached to an aromatic ring is 1. The van der Waals surface area contributed by atoms with Gasteiger partial charge in [0.1, 0.15) is 0 Å². The van der Waals surface area contributed by atoms with Gasteiger partial charge in [-0.05, 0) is 40.2 Å². The zero-order valence-corrected chi connectivity index (χ0v) is 11.6. The summed E-state index contributed by atoms with van der Waals surface area (Å²) in [5.74, 6) is -0.221. The zero-order valence-electron chi connectivity index (χ0n) is 9.25. The minimum absolute atomic E-state index is 0.102. The molecular formula is C11H10BrN3O2S. The highest BCUT2D eigenvalue weighted by Crippen LogP contribution is 2.19. The van der Waals surface area contributed by atoms with Gasteiger partial charge in [0, 0.05) is 16.9 Å². The van der Waals surface area contributed by atoms with Gasteiger partial charge in [-0.25, -0.2) is 13.4 Å². The Morgan fingerprint density at radius 2 is 2.00 bits per heavy atom. The fraction of sp³-hybridized carbons (Fsp3) is 0.0909. The lowest BCUT2D eigenvalue weighted by atomic mass is 10.4. The Hall–Kier alpha value is -1.47. The van der Waals surface area contributed by atoms with Crippen LogP contribution in [0.2, 0.25) is 0 Å². The van der Waals surface area contributed by atoms with E-state index < -0.39 is 9.84 Å². The van der Waals surface area contributed by atoms with Crippen molar-refractivity contribution in [3.8, 4) is 0 Å². The SMILES string of the molecule is Nc1cccnc1S(=O)(=O)Cc1ccc(Br)cn1. The molecule has 0 atom stereocenters. The second-order valence-electron chi connectivity index (χ2n) is 3.62. The minimum atomic E-state index is -3.57. The molecule has 0 amide bonds. The molecule has 0 unspecified atom stereocenters. The quantitative estimate of drug-likeness (QED) is 0.928. The van der Waals surface area contributed by atoms with E-state index in [1.54, 1.807) is 24.4 Å². The summed E-state index contributed by atoms with van der Waals surface area (Å²) in [6.07, 6.45) is 2.95. The number of nitrogens with two attached hydrogens (primary N) is 1. The molecular weight excluding hydrogens is 318 g/mol. The van der Waals surface area contributed by atoms with Gasteiger partial charge in [-0.2, -0.15) is 0 Å². The van der Waals surface area contributed by atoms with Crippen molar-refractivity contribution in [3.05, 3.63) is 46.8 Å². The monoisotopic (exact) mass is 327 g/mol. The van der Waals surface area contributed by atoms with Crippen LogP contribution in [0.1, 0.15) is 5.69 Å². The molecule has 2 aromatic heterocycles. The zero-order chi connectivity index (χ0) is 13.2. The normalized spacial score (nSPS) is 11.4. The Labute approximate surface area is 113 Å². The molecule has 0 aliphatic carbocycles. The van der Waals surface area contributed by atoms with Crippen molar-refractivity contribution in [1.29, 1.82) is 0 Å². The molecule has 94 valence electrons. The van der Waals surface area contributed by atoms with Gasteiger partial charge in [0.2, 0.25) is 9.84 Å². The minimum Gasteiger partial charge on any atom is -0.396 e. The molecule has 2 N–H and O–H groups in total. The van der Waals surface area contributed by atoms with Crippen molar-refractivity contribution < 1.29 is 8.42 Å². The van der Waals surface area contributed by atoms with Crippen molar-refractivity contribution in [2.75, 3.05) is 5.73 Å². The first-order valence-electron chi connectivity index (χ1n) is 5.03. The first kappa shape index (κ1) is 13.0. The van der Waals surface area contributed by atoms with E-state index in [4.69, 9.17) is 5.73 Å². The van der Waals surface area contributed by atoms with Gasteiger partial charge in [0.15, 0.2) is 5.03 Å². The number of halogens is 1. The lowest BCUT2D eigenvalue weighted by molar-refractivity contribution is 0.591. The second-order valence-corrected chi connectivity index (χ2v) is 6.45. The maximum absolute atomic E-state index is 12.1. The predicted molar refractivity (Wildman–Crippen MR) is 71.5 cm³/mol. The molecule has 0 aromatic carbocycles. The van der Waals surface area contributed by atoms with Crippen LogP contribution in [0.4, 0.5) is 5.69 Å². The Bertz CT molecular complexity index is 656. The van der Waals surface area contributed by atoms with Crippen LogP contribution in [-0.4, -0.2) is 18.4 Å². The summed E-state index contributed by atoms with van der Waals surface area (Å²) in [6.45, 7) is 0. The van der Waals surface area contributed by atoms with Gasteiger partial charge in [-0.15, -0.1) is 0 Å². The smallest absolute Gasteiger partial charge is 0.203 e. The Kier molecular flexibility index (Phi) is 3.63. The largest absolute Gasteiger partial charge is 0.396 e. The molecule has 2 heterocycles. The van der Waals surface area contributed by atoms with E-state index in [0.717, 1.165) is 4.47 Å². The molecule has 0 bridgehead atoms. The average Bonchev–Trinajstić information content (AvgIpc) is 2.32. The summed E-state index contributed by atoms with van der Waals surface area (Å²) in [7, 11) is -3.57. The van der Waals surface area contributed by atoms with E-state index in [0.29, 0.717) is 5.69 Å². The molecule has 0 aliphatic rings. The molecule has 0 saturated heterocycles. The number of aromatic nitrogens is 2. The van der Waals surface area contributed by atoms with Crippen molar-refractivity contribution in [1.82, 2.24) is 9.97 Å². The summed E-state index contributed by atoms with van der Waals surface area (Å²) >= 11 is 3.24. The fourth-order valence-electron chi connectivity index (χ4n) is 1.42. The average molecular weight is 328 g/mol. The number of hydrogen-bond donors (Lipinski definition) is 1. The molecule has 2 rings (SSSR count). The van der Waals surface area contributed by atoms with Gasteiger partial charge in [0.25, 0.3) is 0 Å². The van der Waals surface area contributed by atoms with E-state index in [1.807, 2.05) is 0 Å². The third-order valence-corrected chi connectivity index (χ3v) is 4.30. The maximum Gasteiger partial charge on any atom is 0.203 e. The second kappa shape index (κ2) is 5.03. The molecule has 0 spiro atoms. The third-order valence-electron chi connectivity index (χ3n) is 2.22. The van der Waals surface area contributed by atoms with Crippen molar-refractivity contribution in [2.45, 2.75) is 10.8 Å². The lowest BCUT2D eigenvalue weighted by Crippen LogP contribution is -2.10. The number of rotatable bonds is 3. The van der Waals surface area contributed by atoms with Gasteiger partial charge >= 0.3 is 0 Å². The van der Waals surface area contributed by atoms with Crippen molar-refractivity contribution in [3.63, 3.8) is 0 Å². The highest BCUT2D eigenvalue weighted by atomic mass is 79.9. The van der Waals surface area contributed by atoms with Crippen LogP contribution in [0.15, 0.2) is 46.2 Å². The van der Waals surface area contributed by atoms with E-state index >= 15 is 0 Å². The first-order valence-corrected chi connectivity index (χ1v) is 7.47. The highest BCUT2D eigenvalue weighted by molar-refractivity contribution is 9.10. The highest BCUT2D eigenvalue weighted by Gasteiger charge is 2.20. The topological polar surface area (TPSA) is 85.9 Å². The molecule has 0 saturated carbocycles. The third kappa shape index (κ3) is 2.85. The molecule has 18 heavy (non-hydrogen) atoms. The van der Waals surface area contributed by atoms with Crippen LogP contribution in [0, 0.1) is 0 Å². The number of anilines is 1. The number of pyridine rings is 2. The molecule has 7 heteroatoms.